The van der Waals surface area contributed by atoms with Gasteiger partial charge in [-0.3, -0.25) is 9.59 Å². The van der Waals surface area contributed by atoms with Gasteiger partial charge in [0.15, 0.2) is 0 Å². The van der Waals surface area contributed by atoms with Crippen molar-refractivity contribution in [3.63, 3.8) is 0 Å². The van der Waals surface area contributed by atoms with Crippen LogP contribution in [0.3, 0.4) is 0 Å². The maximum absolute atomic E-state index is 11.5. The summed E-state index contributed by atoms with van der Waals surface area (Å²) in [6, 6.07) is 6.96. The van der Waals surface area contributed by atoms with Crippen molar-refractivity contribution in [3.8, 4) is 0 Å². The number of benzene rings is 1. The first-order chi connectivity index (χ1) is 8.76. The molecule has 0 saturated heterocycles. The van der Waals surface area contributed by atoms with E-state index in [0.717, 1.165) is 0 Å². The average molecular weight is 265 g/mol. The summed E-state index contributed by atoms with van der Waals surface area (Å²) in [6.07, 6.45) is -0.0397. The molecule has 2 N–H and O–H groups in total. The van der Waals surface area contributed by atoms with Crippen LogP contribution in [0.25, 0.3) is 0 Å². The van der Waals surface area contributed by atoms with Crippen molar-refractivity contribution >= 4 is 17.6 Å². The first kappa shape index (κ1) is 15.0. The first-order valence-corrected chi connectivity index (χ1v) is 6.03. The van der Waals surface area contributed by atoms with Gasteiger partial charge in [0, 0.05) is 5.69 Å². The third-order valence-corrected chi connectivity index (χ3v) is 2.14. The number of aliphatic carboxylic acids is 1. The van der Waals surface area contributed by atoms with Gasteiger partial charge in [-0.2, -0.15) is 0 Å². The Morgan fingerprint density at radius 3 is 2.58 bits per heavy atom. The largest absolute Gasteiger partial charge is 0.481 e. The third-order valence-electron chi connectivity index (χ3n) is 2.14. The molecule has 0 heterocycles. The topological polar surface area (TPSA) is 75.6 Å². The fraction of sp³-hybridized carbons (Fsp3) is 0.429. The number of anilines is 1. The molecular weight excluding hydrogens is 246 g/mol. The molecule has 0 unspecified atom stereocenters. The van der Waals surface area contributed by atoms with E-state index in [1.165, 1.54) is 0 Å². The minimum Gasteiger partial charge on any atom is -0.481 e. The van der Waals surface area contributed by atoms with Crippen molar-refractivity contribution in [2.75, 3.05) is 11.9 Å². The minimum atomic E-state index is -0.885. The van der Waals surface area contributed by atoms with Gasteiger partial charge in [0.1, 0.15) is 12.1 Å². The average Bonchev–Trinajstić information content (AvgIpc) is 2.23. The Morgan fingerprint density at radius 2 is 2.00 bits per heavy atom. The smallest absolute Gasteiger partial charge is 0.325 e. The molecule has 1 aromatic carbocycles. The van der Waals surface area contributed by atoms with Crippen molar-refractivity contribution < 1.29 is 19.4 Å². The van der Waals surface area contributed by atoms with E-state index >= 15 is 0 Å². The molecule has 0 aromatic heterocycles. The minimum absolute atomic E-state index is 0.0397. The molecule has 0 radical (unpaired) electrons. The highest BCUT2D eigenvalue weighted by Gasteiger charge is 2.15. The lowest BCUT2D eigenvalue weighted by molar-refractivity contribution is -0.152. The molecule has 0 bridgehead atoms. The zero-order valence-electron chi connectivity index (χ0n) is 11.4. The van der Waals surface area contributed by atoms with E-state index < -0.39 is 11.6 Å². The lowest BCUT2D eigenvalue weighted by Gasteiger charge is -2.19. The quantitative estimate of drug-likeness (QED) is 0.797. The molecule has 0 aliphatic carbocycles. The van der Waals surface area contributed by atoms with Crippen LogP contribution in [0.15, 0.2) is 24.3 Å². The number of carbonyl (C=O) groups excluding carboxylic acids is 1. The lowest BCUT2D eigenvalue weighted by atomic mass is 10.1. The maximum atomic E-state index is 11.5. The highest BCUT2D eigenvalue weighted by Crippen LogP contribution is 2.12. The molecule has 1 rings (SSSR count). The van der Waals surface area contributed by atoms with Crippen molar-refractivity contribution in [2.45, 2.75) is 32.8 Å². The molecule has 0 spiro atoms. The Balaban J connectivity index is 2.53. The van der Waals surface area contributed by atoms with E-state index in [9.17, 15) is 9.59 Å². The Hall–Kier alpha value is -2.04. The van der Waals surface area contributed by atoms with Crippen LogP contribution >= 0.6 is 0 Å². The molecule has 0 fully saturated rings. The zero-order chi connectivity index (χ0) is 14.5. The summed E-state index contributed by atoms with van der Waals surface area (Å²) in [4.78, 5) is 22.1. The molecule has 0 aliphatic heterocycles. The number of carbonyl (C=O) groups is 2. The van der Waals surface area contributed by atoms with Crippen molar-refractivity contribution in [2.24, 2.45) is 0 Å². The van der Waals surface area contributed by atoms with Gasteiger partial charge in [-0.05, 0) is 38.5 Å². The monoisotopic (exact) mass is 265 g/mol. The lowest BCUT2D eigenvalue weighted by Crippen LogP contribution is -2.28. The number of rotatable bonds is 5. The number of carboxylic acids is 1. The van der Waals surface area contributed by atoms with Crippen LogP contribution in [0.5, 0.6) is 0 Å². The Bertz CT molecular complexity index is 463. The Kier molecular flexibility index (Phi) is 4.92. The normalized spacial score (nSPS) is 10.9. The molecule has 0 amide bonds. The number of hydrogen-bond acceptors (Lipinski definition) is 4. The van der Waals surface area contributed by atoms with Crippen LogP contribution in [0.4, 0.5) is 5.69 Å². The van der Waals surface area contributed by atoms with Crippen LogP contribution in [0.2, 0.25) is 0 Å². The number of esters is 1. The number of hydrogen-bond donors (Lipinski definition) is 2. The second-order valence-electron chi connectivity index (χ2n) is 5.21. The summed E-state index contributed by atoms with van der Waals surface area (Å²) >= 11 is 0. The van der Waals surface area contributed by atoms with E-state index in [1.807, 2.05) is 0 Å². The molecule has 0 aliphatic rings. The molecule has 1 aromatic rings. The predicted molar refractivity (Wildman–Crippen MR) is 72.1 cm³/mol. The van der Waals surface area contributed by atoms with Gasteiger partial charge in [0.2, 0.25) is 0 Å². The van der Waals surface area contributed by atoms with Gasteiger partial charge < -0.3 is 15.2 Å². The summed E-state index contributed by atoms with van der Waals surface area (Å²) < 4.78 is 5.16. The summed E-state index contributed by atoms with van der Waals surface area (Å²) in [5, 5.41) is 11.6. The van der Waals surface area contributed by atoms with Crippen molar-refractivity contribution in [1.82, 2.24) is 0 Å². The Morgan fingerprint density at radius 1 is 1.32 bits per heavy atom. The molecule has 5 nitrogen and oxygen atoms in total. The number of nitrogens with one attached hydrogen (secondary N) is 1. The summed E-state index contributed by atoms with van der Waals surface area (Å²) in [6.45, 7) is 5.46. The standard InChI is InChI=1S/C14H19NO4/c1-14(2,3)19-13(18)9-15-11-6-4-5-10(7-11)8-12(16)17/h4-7,15H,8-9H2,1-3H3,(H,16,17). The summed E-state index contributed by atoms with van der Waals surface area (Å²) in [5.41, 5.74) is 0.871. The van der Waals surface area contributed by atoms with E-state index in [1.54, 1.807) is 45.0 Å². The van der Waals surface area contributed by atoms with Crippen molar-refractivity contribution in [3.05, 3.63) is 29.8 Å². The van der Waals surface area contributed by atoms with Crippen LogP contribution in [0.1, 0.15) is 26.3 Å². The fourth-order valence-corrected chi connectivity index (χ4v) is 1.52. The van der Waals surface area contributed by atoms with E-state index in [2.05, 4.69) is 5.32 Å². The SMILES string of the molecule is CC(C)(C)OC(=O)CNc1cccc(CC(=O)O)c1. The highest BCUT2D eigenvalue weighted by molar-refractivity contribution is 5.75. The van der Waals surface area contributed by atoms with Gasteiger partial charge in [-0.1, -0.05) is 12.1 Å². The molecule has 0 saturated carbocycles. The zero-order valence-corrected chi connectivity index (χ0v) is 11.4. The van der Waals surface area contributed by atoms with Gasteiger partial charge >= 0.3 is 11.9 Å². The molecule has 0 atom stereocenters. The third kappa shape index (κ3) is 6.45. The van der Waals surface area contributed by atoms with Crippen LogP contribution in [-0.2, 0) is 20.7 Å². The van der Waals surface area contributed by atoms with E-state index in [4.69, 9.17) is 9.84 Å². The van der Waals surface area contributed by atoms with Gasteiger partial charge in [-0.15, -0.1) is 0 Å². The first-order valence-electron chi connectivity index (χ1n) is 6.03. The van der Waals surface area contributed by atoms with Gasteiger partial charge in [0.25, 0.3) is 0 Å². The molecule has 104 valence electrons. The number of carboxylic acid groups (broad SMARTS) is 1. The number of ether oxygens (including phenoxy) is 1. The van der Waals surface area contributed by atoms with E-state index in [0.29, 0.717) is 11.3 Å². The summed E-state index contributed by atoms with van der Waals surface area (Å²) in [7, 11) is 0. The fourth-order valence-electron chi connectivity index (χ4n) is 1.52. The second-order valence-corrected chi connectivity index (χ2v) is 5.21. The van der Waals surface area contributed by atoms with E-state index in [-0.39, 0.29) is 18.9 Å². The second kappa shape index (κ2) is 6.22. The summed E-state index contributed by atoms with van der Waals surface area (Å²) in [5.74, 6) is -1.24. The van der Waals surface area contributed by atoms with Crippen LogP contribution in [-0.4, -0.2) is 29.2 Å². The predicted octanol–water partition coefficient (Wildman–Crippen LogP) is 2.07. The van der Waals surface area contributed by atoms with Crippen LogP contribution in [0, 0.1) is 0 Å². The highest BCUT2D eigenvalue weighted by atomic mass is 16.6. The van der Waals surface area contributed by atoms with Gasteiger partial charge in [-0.25, -0.2) is 0 Å². The molecular formula is C14H19NO4. The van der Waals surface area contributed by atoms with Crippen molar-refractivity contribution in [1.29, 1.82) is 0 Å². The molecule has 5 heteroatoms. The van der Waals surface area contributed by atoms with Crippen LogP contribution < -0.4 is 5.32 Å². The maximum Gasteiger partial charge on any atom is 0.325 e. The molecule has 19 heavy (non-hydrogen) atoms. The van der Waals surface area contributed by atoms with Gasteiger partial charge in [0.05, 0.1) is 6.42 Å². The Labute approximate surface area is 112 Å².